The van der Waals surface area contributed by atoms with E-state index in [2.05, 4.69) is 12.2 Å². The van der Waals surface area contributed by atoms with Crippen LogP contribution in [0.1, 0.15) is 44.6 Å². The highest BCUT2D eigenvalue weighted by molar-refractivity contribution is 5.40. The molecule has 0 heterocycles. The predicted molar refractivity (Wildman–Crippen MR) is 77.2 cm³/mol. The molecule has 2 atom stereocenters. The van der Waals surface area contributed by atoms with Crippen LogP contribution in [0.5, 0.6) is 11.5 Å². The molecule has 1 saturated carbocycles. The summed E-state index contributed by atoms with van der Waals surface area (Å²) in [6, 6.07) is 4.99. The monoisotopic (exact) mass is 263 g/mol. The third kappa shape index (κ3) is 4.43. The molecule has 0 bridgehead atoms. The van der Waals surface area contributed by atoms with Gasteiger partial charge in [-0.15, -0.1) is 0 Å². The van der Waals surface area contributed by atoms with E-state index in [-0.39, 0.29) is 11.5 Å². The number of benzene rings is 1. The lowest BCUT2D eigenvalue weighted by atomic mass is 9.81. The zero-order chi connectivity index (χ0) is 13.7. The Morgan fingerprint density at radius 2 is 2.05 bits per heavy atom. The number of phenolic OH excluding ortho intramolecular Hbond substituents is 2. The summed E-state index contributed by atoms with van der Waals surface area (Å²) in [7, 11) is 0. The molecule has 0 radical (unpaired) electrons. The molecule has 1 aromatic rings. The summed E-state index contributed by atoms with van der Waals surface area (Å²) in [6.45, 7) is 4.13. The summed E-state index contributed by atoms with van der Waals surface area (Å²) in [5.41, 5.74) is 1.01. The molecule has 2 unspecified atom stereocenters. The Morgan fingerprint density at radius 3 is 2.79 bits per heavy atom. The van der Waals surface area contributed by atoms with Crippen molar-refractivity contribution in [2.24, 2.45) is 11.8 Å². The first kappa shape index (κ1) is 14.2. The molecular weight excluding hydrogens is 238 g/mol. The molecule has 0 aromatic heterocycles. The molecule has 3 N–H and O–H groups in total. The topological polar surface area (TPSA) is 52.5 Å². The molecule has 0 saturated heterocycles. The number of nitrogens with one attached hydrogen (secondary N) is 1. The van der Waals surface area contributed by atoms with Crippen LogP contribution in [0.15, 0.2) is 18.2 Å². The highest BCUT2D eigenvalue weighted by Crippen LogP contribution is 2.30. The number of rotatable bonds is 5. The van der Waals surface area contributed by atoms with Gasteiger partial charge >= 0.3 is 0 Å². The van der Waals surface area contributed by atoms with E-state index in [0.29, 0.717) is 0 Å². The number of hydrogen-bond donors (Lipinski definition) is 3. The quantitative estimate of drug-likeness (QED) is 0.563. The van der Waals surface area contributed by atoms with Crippen molar-refractivity contribution in [3.8, 4) is 11.5 Å². The van der Waals surface area contributed by atoms with Gasteiger partial charge in [0.15, 0.2) is 11.5 Å². The van der Waals surface area contributed by atoms with Crippen molar-refractivity contribution < 1.29 is 10.2 Å². The van der Waals surface area contributed by atoms with Gasteiger partial charge in [0.25, 0.3) is 0 Å². The van der Waals surface area contributed by atoms with E-state index >= 15 is 0 Å². The van der Waals surface area contributed by atoms with Crippen molar-refractivity contribution in [3.63, 3.8) is 0 Å². The van der Waals surface area contributed by atoms with Crippen molar-refractivity contribution in [1.82, 2.24) is 5.32 Å². The van der Waals surface area contributed by atoms with Crippen LogP contribution in [0, 0.1) is 11.8 Å². The largest absolute Gasteiger partial charge is 0.504 e. The van der Waals surface area contributed by atoms with Crippen LogP contribution in [0.2, 0.25) is 0 Å². The smallest absolute Gasteiger partial charge is 0.157 e. The maximum Gasteiger partial charge on any atom is 0.157 e. The third-order valence-corrected chi connectivity index (χ3v) is 4.14. The van der Waals surface area contributed by atoms with Crippen LogP contribution in [0.3, 0.4) is 0 Å². The van der Waals surface area contributed by atoms with Crippen LogP contribution in [0.25, 0.3) is 0 Å². The van der Waals surface area contributed by atoms with Gasteiger partial charge in [0.05, 0.1) is 0 Å². The summed E-state index contributed by atoms with van der Waals surface area (Å²) in [5, 5.41) is 22.1. The molecule has 3 nitrogen and oxygen atoms in total. The first-order chi connectivity index (χ1) is 9.15. The Bertz CT molecular complexity index is 406. The highest BCUT2D eigenvalue weighted by Gasteiger charge is 2.18. The average molecular weight is 263 g/mol. The Balaban J connectivity index is 1.67. The lowest BCUT2D eigenvalue weighted by molar-refractivity contribution is 0.267. The maximum absolute atomic E-state index is 9.41. The van der Waals surface area contributed by atoms with E-state index in [0.717, 1.165) is 30.5 Å². The zero-order valence-electron chi connectivity index (χ0n) is 11.7. The predicted octanol–water partition coefficient (Wildman–Crippen LogP) is 3.40. The molecule has 3 heteroatoms. The fourth-order valence-corrected chi connectivity index (χ4v) is 3.04. The zero-order valence-corrected chi connectivity index (χ0v) is 11.7. The molecule has 19 heavy (non-hydrogen) atoms. The van der Waals surface area contributed by atoms with Gasteiger partial charge in [-0.3, -0.25) is 0 Å². The van der Waals surface area contributed by atoms with E-state index in [9.17, 15) is 10.2 Å². The third-order valence-electron chi connectivity index (χ3n) is 4.14. The summed E-state index contributed by atoms with van der Waals surface area (Å²) in [6.07, 6.45) is 6.79. The Morgan fingerprint density at radius 1 is 1.21 bits per heavy atom. The fourth-order valence-electron chi connectivity index (χ4n) is 3.04. The second-order valence-electron chi connectivity index (χ2n) is 5.93. The lowest BCUT2D eigenvalue weighted by Gasteiger charge is -2.26. The molecule has 1 aliphatic rings. The average Bonchev–Trinajstić information content (AvgIpc) is 2.39. The molecule has 1 aromatic carbocycles. The minimum Gasteiger partial charge on any atom is -0.504 e. The van der Waals surface area contributed by atoms with Crippen molar-refractivity contribution >= 4 is 0 Å². The normalized spacial score (nSPS) is 23.4. The maximum atomic E-state index is 9.41. The van der Waals surface area contributed by atoms with E-state index in [1.807, 2.05) is 6.07 Å². The Hall–Kier alpha value is -1.22. The summed E-state index contributed by atoms with van der Waals surface area (Å²) in [5.74, 6) is 1.68. The van der Waals surface area contributed by atoms with Crippen molar-refractivity contribution in [1.29, 1.82) is 0 Å². The number of hydrogen-bond acceptors (Lipinski definition) is 3. The molecule has 1 aliphatic carbocycles. The van der Waals surface area contributed by atoms with Gasteiger partial charge in [-0.05, 0) is 48.9 Å². The molecule has 2 rings (SSSR count). The highest BCUT2D eigenvalue weighted by atomic mass is 16.3. The number of aromatic hydroxyl groups is 2. The Kier molecular flexibility index (Phi) is 5.08. The van der Waals surface area contributed by atoms with Gasteiger partial charge in [-0.1, -0.05) is 32.3 Å². The minimum atomic E-state index is -0.0556. The van der Waals surface area contributed by atoms with E-state index < -0.39 is 0 Å². The summed E-state index contributed by atoms with van der Waals surface area (Å²) in [4.78, 5) is 0. The van der Waals surface area contributed by atoms with Crippen LogP contribution < -0.4 is 5.32 Å². The second-order valence-corrected chi connectivity index (χ2v) is 5.93. The SMILES string of the molecule is CC1CCCC(CCNCc2ccc(O)c(O)c2)C1. The molecule has 0 amide bonds. The molecule has 1 fully saturated rings. The van der Waals surface area contributed by atoms with E-state index in [1.54, 1.807) is 6.07 Å². The second kappa shape index (κ2) is 6.80. The van der Waals surface area contributed by atoms with Gasteiger partial charge in [-0.25, -0.2) is 0 Å². The molecule has 106 valence electrons. The standard InChI is InChI=1S/C16H25NO2/c1-12-3-2-4-13(9-12)7-8-17-11-14-5-6-15(18)16(19)10-14/h5-6,10,12-13,17-19H,2-4,7-9,11H2,1H3. The van der Waals surface area contributed by atoms with Crippen LogP contribution in [-0.4, -0.2) is 16.8 Å². The molecular formula is C16H25NO2. The first-order valence-electron chi connectivity index (χ1n) is 7.36. The van der Waals surface area contributed by atoms with Gasteiger partial charge in [0.1, 0.15) is 0 Å². The summed E-state index contributed by atoms with van der Waals surface area (Å²) >= 11 is 0. The summed E-state index contributed by atoms with van der Waals surface area (Å²) < 4.78 is 0. The van der Waals surface area contributed by atoms with Crippen molar-refractivity contribution in [2.75, 3.05) is 6.54 Å². The first-order valence-corrected chi connectivity index (χ1v) is 7.36. The Labute approximate surface area is 115 Å². The van der Waals surface area contributed by atoms with Crippen molar-refractivity contribution in [2.45, 2.75) is 45.6 Å². The van der Waals surface area contributed by atoms with Gasteiger partial charge in [0, 0.05) is 6.54 Å². The van der Waals surface area contributed by atoms with Crippen LogP contribution in [-0.2, 0) is 6.54 Å². The van der Waals surface area contributed by atoms with Crippen molar-refractivity contribution in [3.05, 3.63) is 23.8 Å². The van der Waals surface area contributed by atoms with Gasteiger partial charge in [-0.2, -0.15) is 0 Å². The van der Waals surface area contributed by atoms with E-state index in [1.165, 1.54) is 38.2 Å². The molecule has 0 aliphatic heterocycles. The minimum absolute atomic E-state index is 0.0413. The lowest BCUT2D eigenvalue weighted by Crippen LogP contribution is -2.21. The van der Waals surface area contributed by atoms with Gasteiger partial charge in [0.2, 0.25) is 0 Å². The molecule has 0 spiro atoms. The fraction of sp³-hybridized carbons (Fsp3) is 0.625. The number of phenols is 2. The van der Waals surface area contributed by atoms with Crippen LogP contribution in [0.4, 0.5) is 0 Å². The van der Waals surface area contributed by atoms with Crippen LogP contribution >= 0.6 is 0 Å². The van der Waals surface area contributed by atoms with E-state index in [4.69, 9.17) is 0 Å². The van der Waals surface area contributed by atoms with Gasteiger partial charge < -0.3 is 15.5 Å².